The van der Waals surface area contributed by atoms with Crippen LogP contribution in [0.5, 0.6) is 0 Å². The van der Waals surface area contributed by atoms with Crippen LogP contribution in [0.1, 0.15) is 24.8 Å². The molecule has 1 aromatic carbocycles. The first kappa shape index (κ1) is 11.6. The van der Waals surface area contributed by atoms with Gasteiger partial charge in [-0.3, -0.25) is 9.59 Å². The SMILES string of the molecule is C=CC[C@]1(c2ccccc2)CC(=O)CC(=O)N1. The van der Waals surface area contributed by atoms with Crippen molar-refractivity contribution in [1.29, 1.82) is 0 Å². The maximum absolute atomic E-state index is 11.6. The van der Waals surface area contributed by atoms with Gasteiger partial charge in [-0.05, 0) is 12.0 Å². The number of benzene rings is 1. The van der Waals surface area contributed by atoms with E-state index in [4.69, 9.17) is 0 Å². The smallest absolute Gasteiger partial charge is 0.228 e. The summed E-state index contributed by atoms with van der Waals surface area (Å²) in [4.78, 5) is 23.2. The summed E-state index contributed by atoms with van der Waals surface area (Å²) >= 11 is 0. The molecule has 0 radical (unpaired) electrons. The lowest BCUT2D eigenvalue weighted by Gasteiger charge is -2.37. The van der Waals surface area contributed by atoms with E-state index in [2.05, 4.69) is 11.9 Å². The summed E-state index contributed by atoms with van der Waals surface area (Å²) in [5, 5.41) is 2.95. The van der Waals surface area contributed by atoms with E-state index < -0.39 is 5.54 Å². The van der Waals surface area contributed by atoms with E-state index in [1.807, 2.05) is 30.3 Å². The van der Waals surface area contributed by atoms with Crippen LogP contribution < -0.4 is 5.32 Å². The number of carbonyl (C=O) groups is 2. The highest BCUT2D eigenvalue weighted by Gasteiger charge is 2.39. The Labute approximate surface area is 101 Å². The molecule has 17 heavy (non-hydrogen) atoms. The van der Waals surface area contributed by atoms with Gasteiger partial charge in [0, 0.05) is 6.42 Å². The molecule has 2 rings (SSSR count). The molecule has 1 N–H and O–H groups in total. The Morgan fingerprint density at radius 3 is 2.59 bits per heavy atom. The zero-order valence-corrected chi connectivity index (χ0v) is 9.61. The van der Waals surface area contributed by atoms with Crippen LogP contribution in [-0.4, -0.2) is 11.7 Å². The van der Waals surface area contributed by atoms with Gasteiger partial charge in [-0.2, -0.15) is 0 Å². The predicted octanol–water partition coefficient (Wildman–Crippen LogP) is 1.94. The lowest BCUT2D eigenvalue weighted by atomic mass is 9.79. The van der Waals surface area contributed by atoms with E-state index in [-0.39, 0.29) is 18.1 Å². The van der Waals surface area contributed by atoms with Crippen LogP contribution in [0.15, 0.2) is 43.0 Å². The molecule has 1 atom stereocenters. The van der Waals surface area contributed by atoms with Crippen LogP contribution >= 0.6 is 0 Å². The number of hydrogen-bond acceptors (Lipinski definition) is 2. The summed E-state index contributed by atoms with van der Waals surface area (Å²) in [6, 6.07) is 9.60. The molecule has 0 aliphatic carbocycles. The van der Waals surface area contributed by atoms with E-state index in [0.717, 1.165) is 5.56 Å². The summed E-state index contributed by atoms with van der Waals surface area (Å²) in [5.41, 5.74) is 0.358. The molecule has 1 saturated heterocycles. The zero-order valence-electron chi connectivity index (χ0n) is 9.61. The fourth-order valence-electron chi connectivity index (χ4n) is 2.35. The Kier molecular flexibility index (Phi) is 3.09. The quantitative estimate of drug-likeness (QED) is 0.636. The Hall–Kier alpha value is -1.90. The minimum atomic E-state index is -0.602. The van der Waals surface area contributed by atoms with Crippen molar-refractivity contribution in [3.05, 3.63) is 48.6 Å². The molecule has 1 aliphatic heterocycles. The number of Topliss-reactive ketones (excluding diaryl/α,β-unsaturated/α-hetero) is 1. The first-order chi connectivity index (χ1) is 8.16. The van der Waals surface area contributed by atoms with Crippen molar-refractivity contribution in [2.24, 2.45) is 0 Å². The van der Waals surface area contributed by atoms with Crippen molar-refractivity contribution >= 4 is 11.7 Å². The Morgan fingerprint density at radius 1 is 1.29 bits per heavy atom. The molecule has 1 aromatic rings. The minimum absolute atomic E-state index is 0.00821. The van der Waals surface area contributed by atoms with Crippen LogP contribution in [0.25, 0.3) is 0 Å². The fraction of sp³-hybridized carbons (Fsp3) is 0.286. The molecule has 0 spiro atoms. The molecule has 3 heteroatoms. The van der Waals surface area contributed by atoms with Crippen molar-refractivity contribution < 1.29 is 9.59 Å². The molecule has 3 nitrogen and oxygen atoms in total. The molecule has 0 aromatic heterocycles. The van der Waals surface area contributed by atoms with Crippen molar-refractivity contribution in [3.63, 3.8) is 0 Å². The van der Waals surface area contributed by atoms with Gasteiger partial charge in [0.05, 0.1) is 12.0 Å². The normalized spacial score (nSPS) is 24.2. The van der Waals surface area contributed by atoms with E-state index in [1.54, 1.807) is 6.08 Å². The molecule has 0 saturated carbocycles. The van der Waals surface area contributed by atoms with Crippen LogP contribution in [0.3, 0.4) is 0 Å². The Bertz CT molecular complexity index is 435. The van der Waals surface area contributed by atoms with Gasteiger partial charge in [0.25, 0.3) is 0 Å². The highest BCUT2D eigenvalue weighted by Crippen LogP contribution is 2.32. The highest BCUT2D eigenvalue weighted by atomic mass is 16.2. The summed E-state index contributed by atoms with van der Waals surface area (Å²) < 4.78 is 0. The molecule has 0 bridgehead atoms. The highest BCUT2D eigenvalue weighted by molar-refractivity contribution is 6.01. The largest absolute Gasteiger partial charge is 0.345 e. The lowest BCUT2D eigenvalue weighted by molar-refractivity contribution is -0.134. The summed E-state index contributed by atoms with van der Waals surface area (Å²) in [6.45, 7) is 3.71. The topological polar surface area (TPSA) is 46.2 Å². The van der Waals surface area contributed by atoms with Crippen molar-refractivity contribution in [1.82, 2.24) is 5.32 Å². The monoisotopic (exact) mass is 229 g/mol. The molecule has 88 valence electrons. The van der Waals surface area contributed by atoms with Gasteiger partial charge in [0.15, 0.2) is 0 Å². The van der Waals surface area contributed by atoms with Gasteiger partial charge in [-0.1, -0.05) is 36.4 Å². The van der Waals surface area contributed by atoms with Gasteiger partial charge in [0.2, 0.25) is 5.91 Å². The van der Waals surface area contributed by atoms with Gasteiger partial charge in [0.1, 0.15) is 5.78 Å². The maximum Gasteiger partial charge on any atom is 0.228 e. The van der Waals surface area contributed by atoms with E-state index in [9.17, 15) is 9.59 Å². The summed E-state index contributed by atoms with van der Waals surface area (Å²) in [6.07, 6.45) is 2.64. The minimum Gasteiger partial charge on any atom is -0.345 e. The second kappa shape index (κ2) is 4.53. The number of carbonyl (C=O) groups excluding carboxylic acids is 2. The molecule has 1 amide bonds. The van der Waals surface area contributed by atoms with E-state index >= 15 is 0 Å². The summed E-state index contributed by atoms with van der Waals surface area (Å²) in [7, 11) is 0. The van der Waals surface area contributed by atoms with Gasteiger partial charge in [-0.15, -0.1) is 6.58 Å². The van der Waals surface area contributed by atoms with Crippen LogP contribution in [-0.2, 0) is 15.1 Å². The summed E-state index contributed by atoms with van der Waals surface area (Å²) in [5.74, 6) is -0.216. The zero-order chi connectivity index (χ0) is 12.3. The molecule has 1 heterocycles. The van der Waals surface area contributed by atoms with Crippen molar-refractivity contribution in [2.45, 2.75) is 24.8 Å². The van der Waals surface area contributed by atoms with Gasteiger partial charge < -0.3 is 5.32 Å². The second-order valence-electron chi connectivity index (χ2n) is 4.38. The lowest BCUT2D eigenvalue weighted by Crippen LogP contribution is -2.51. The molecule has 1 aliphatic rings. The van der Waals surface area contributed by atoms with Crippen LogP contribution in [0.2, 0.25) is 0 Å². The fourth-order valence-corrected chi connectivity index (χ4v) is 2.35. The standard InChI is InChI=1S/C14H15NO2/c1-2-8-14(11-6-4-3-5-7-11)10-12(16)9-13(17)15-14/h2-7H,1,8-10H2,(H,15,17)/t14-/m1/s1. The average molecular weight is 229 g/mol. The van der Waals surface area contributed by atoms with Crippen LogP contribution in [0.4, 0.5) is 0 Å². The van der Waals surface area contributed by atoms with Crippen molar-refractivity contribution in [3.8, 4) is 0 Å². The average Bonchev–Trinajstić information content (AvgIpc) is 2.29. The number of nitrogens with one attached hydrogen (secondary N) is 1. The number of ketones is 1. The molecule has 0 unspecified atom stereocenters. The maximum atomic E-state index is 11.6. The molecular weight excluding hydrogens is 214 g/mol. The van der Waals surface area contributed by atoms with E-state index in [0.29, 0.717) is 12.8 Å². The van der Waals surface area contributed by atoms with Gasteiger partial charge in [-0.25, -0.2) is 0 Å². The third-order valence-electron chi connectivity index (χ3n) is 3.05. The first-order valence-corrected chi connectivity index (χ1v) is 5.65. The first-order valence-electron chi connectivity index (χ1n) is 5.65. The van der Waals surface area contributed by atoms with Gasteiger partial charge >= 0.3 is 0 Å². The number of piperidine rings is 1. The number of rotatable bonds is 3. The van der Waals surface area contributed by atoms with Crippen molar-refractivity contribution in [2.75, 3.05) is 0 Å². The van der Waals surface area contributed by atoms with E-state index in [1.165, 1.54) is 0 Å². The number of hydrogen-bond donors (Lipinski definition) is 1. The molecule has 1 fully saturated rings. The third kappa shape index (κ3) is 2.28. The number of amides is 1. The second-order valence-corrected chi connectivity index (χ2v) is 4.38. The Morgan fingerprint density at radius 2 is 2.00 bits per heavy atom. The van der Waals surface area contributed by atoms with Crippen LogP contribution in [0, 0.1) is 0 Å². The predicted molar refractivity (Wildman–Crippen MR) is 65.3 cm³/mol. The third-order valence-corrected chi connectivity index (χ3v) is 3.05. The Balaban J connectivity index is 2.41. The molecular formula is C14H15NO2.